The highest BCUT2D eigenvalue weighted by Crippen LogP contribution is 2.29. The first kappa shape index (κ1) is 9.96. The van der Waals surface area contributed by atoms with E-state index in [1.54, 1.807) is 6.20 Å². The van der Waals surface area contributed by atoms with E-state index < -0.39 is 0 Å². The molecule has 2 rings (SSSR count). The molecular weight excluding hydrogens is 286 g/mol. The Labute approximate surface area is 98.6 Å². The van der Waals surface area contributed by atoms with E-state index in [-0.39, 0.29) is 0 Å². The van der Waals surface area contributed by atoms with E-state index in [4.69, 9.17) is 16.3 Å². The normalized spacial score (nSPS) is 10.1. The van der Waals surface area contributed by atoms with Gasteiger partial charge in [-0.25, -0.2) is 4.98 Å². The van der Waals surface area contributed by atoms with Crippen LogP contribution < -0.4 is 4.74 Å². The number of hydrogen-bond acceptors (Lipinski definition) is 3. The summed E-state index contributed by atoms with van der Waals surface area (Å²) >= 11 is 10.4. The molecule has 0 aliphatic carbocycles. The third kappa shape index (κ3) is 2.47. The summed E-state index contributed by atoms with van der Waals surface area (Å²) in [6.45, 7) is 0. The molecule has 0 aliphatic rings. The highest BCUT2D eigenvalue weighted by atomic mass is 79.9. The van der Waals surface area contributed by atoms with Crippen LogP contribution in [0.2, 0.25) is 4.34 Å². The molecule has 0 saturated heterocycles. The number of halogens is 2. The molecule has 1 aromatic heterocycles. The molecule has 0 aliphatic heterocycles. The van der Waals surface area contributed by atoms with Crippen LogP contribution in [0, 0.1) is 0 Å². The number of nitrogens with zero attached hydrogens (tertiary/aromatic N) is 1. The zero-order chi connectivity index (χ0) is 9.97. The topological polar surface area (TPSA) is 22.1 Å². The zero-order valence-electron chi connectivity index (χ0n) is 6.91. The Balaban J connectivity index is 2.15. The minimum absolute atomic E-state index is 0.553. The van der Waals surface area contributed by atoms with Crippen molar-refractivity contribution in [1.29, 1.82) is 0 Å². The fraction of sp³-hybridized carbons (Fsp3) is 0. The number of ether oxygens (including phenoxy) is 1. The Morgan fingerprint density at radius 3 is 2.57 bits per heavy atom. The number of thiazole rings is 1. The van der Waals surface area contributed by atoms with Crippen molar-refractivity contribution >= 4 is 38.9 Å². The quantitative estimate of drug-likeness (QED) is 0.820. The van der Waals surface area contributed by atoms with Crippen LogP contribution in [0.5, 0.6) is 10.9 Å². The Kier molecular flexibility index (Phi) is 3.05. The summed E-state index contributed by atoms with van der Waals surface area (Å²) in [6.07, 6.45) is 1.57. The smallest absolute Gasteiger partial charge is 0.280 e. The van der Waals surface area contributed by atoms with E-state index in [1.165, 1.54) is 11.3 Å². The predicted molar refractivity (Wildman–Crippen MR) is 61.3 cm³/mol. The molecule has 1 aromatic carbocycles. The maximum absolute atomic E-state index is 5.72. The molecule has 5 heteroatoms. The monoisotopic (exact) mass is 289 g/mol. The lowest BCUT2D eigenvalue weighted by Gasteiger charge is -2.00. The van der Waals surface area contributed by atoms with Crippen molar-refractivity contribution in [2.75, 3.05) is 0 Å². The zero-order valence-corrected chi connectivity index (χ0v) is 10.1. The Hall–Kier alpha value is -0.580. The highest BCUT2D eigenvalue weighted by molar-refractivity contribution is 9.10. The lowest BCUT2D eigenvalue weighted by molar-refractivity contribution is 0.479. The fourth-order valence-electron chi connectivity index (χ4n) is 0.890. The first-order valence-electron chi connectivity index (χ1n) is 3.79. The van der Waals surface area contributed by atoms with E-state index in [2.05, 4.69) is 20.9 Å². The Morgan fingerprint density at radius 2 is 2.00 bits per heavy atom. The van der Waals surface area contributed by atoms with Crippen LogP contribution in [0.25, 0.3) is 0 Å². The second-order valence-electron chi connectivity index (χ2n) is 2.49. The first-order chi connectivity index (χ1) is 6.74. The van der Waals surface area contributed by atoms with Crippen LogP contribution in [0.4, 0.5) is 0 Å². The Morgan fingerprint density at radius 1 is 1.29 bits per heavy atom. The van der Waals surface area contributed by atoms with Crippen molar-refractivity contribution in [1.82, 2.24) is 4.98 Å². The fourth-order valence-corrected chi connectivity index (χ4v) is 1.92. The molecule has 0 atom stereocenters. The number of hydrogen-bond donors (Lipinski definition) is 0. The summed E-state index contributed by atoms with van der Waals surface area (Å²) in [5.41, 5.74) is 0. The summed E-state index contributed by atoms with van der Waals surface area (Å²) in [6, 6.07) is 7.54. The Bertz CT molecular complexity index is 429. The van der Waals surface area contributed by atoms with Gasteiger partial charge in [0.25, 0.3) is 5.19 Å². The second-order valence-corrected chi connectivity index (χ2v) is 5.03. The minimum atomic E-state index is 0.553. The largest absolute Gasteiger partial charge is 0.431 e. The number of benzene rings is 1. The van der Waals surface area contributed by atoms with Crippen LogP contribution in [-0.2, 0) is 0 Å². The molecule has 72 valence electrons. The molecule has 0 bridgehead atoms. The lowest BCUT2D eigenvalue weighted by atomic mass is 10.3. The molecule has 1 heterocycles. The summed E-state index contributed by atoms with van der Waals surface area (Å²) < 4.78 is 7.09. The maximum atomic E-state index is 5.72. The van der Waals surface area contributed by atoms with Crippen LogP contribution >= 0.6 is 38.9 Å². The lowest BCUT2D eigenvalue weighted by Crippen LogP contribution is -1.81. The van der Waals surface area contributed by atoms with Crippen molar-refractivity contribution in [3.8, 4) is 10.9 Å². The molecule has 0 radical (unpaired) electrons. The van der Waals surface area contributed by atoms with Crippen molar-refractivity contribution in [3.05, 3.63) is 39.3 Å². The van der Waals surface area contributed by atoms with Gasteiger partial charge in [-0.15, -0.1) is 0 Å². The SMILES string of the molecule is Clc1cnc(Oc2ccc(Br)cc2)s1. The molecule has 0 saturated carbocycles. The van der Waals surface area contributed by atoms with Crippen LogP contribution in [0.15, 0.2) is 34.9 Å². The van der Waals surface area contributed by atoms with Gasteiger partial charge in [-0.2, -0.15) is 0 Å². The average molecular weight is 291 g/mol. The van der Waals surface area contributed by atoms with E-state index in [1.807, 2.05) is 24.3 Å². The van der Waals surface area contributed by atoms with Crippen molar-refractivity contribution in [2.45, 2.75) is 0 Å². The van der Waals surface area contributed by atoms with Crippen LogP contribution in [0.1, 0.15) is 0 Å². The molecule has 0 fully saturated rings. The second kappa shape index (κ2) is 4.29. The molecule has 14 heavy (non-hydrogen) atoms. The molecule has 2 aromatic rings. The van der Waals surface area contributed by atoms with Crippen molar-refractivity contribution in [2.24, 2.45) is 0 Å². The van der Waals surface area contributed by atoms with E-state index >= 15 is 0 Å². The van der Waals surface area contributed by atoms with E-state index in [0.29, 0.717) is 9.53 Å². The molecular formula is C9H5BrClNOS. The van der Waals surface area contributed by atoms with Crippen LogP contribution in [-0.4, -0.2) is 4.98 Å². The van der Waals surface area contributed by atoms with Gasteiger partial charge in [0.1, 0.15) is 10.1 Å². The van der Waals surface area contributed by atoms with E-state index in [9.17, 15) is 0 Å². The third-order valence-corrected chi connectivity index (χ3v) is 3.00. The van der Waals surface area contributed by atoms with Gasteiger partial charge in [0.15, 0.2) is 0 Å². The van der Waals surface area contributed by atoms with Gasteiger partial charge in [0, 0.05) is 4.47 Å². The third-order valence-electron chi connectivity index (χ3n) is 1.48. The number of rotatable bonds is 2. The highest BCUT2D eigenvalue weighted by Gasteiger charge is 2.01. The summed E-state index contributed by atoms with van der Waals surface area (Å²) in [5.74, 6) is 0.749. The summed E-state index contributed by atoms with van der Waals surface area (Å²) in [4.78, 5) is 3.99. The van der Waals surface area contributed by atoms with Gasteiger partial charge in [-0.1, -0.05) is 38.9 Å². The van der Waals surface area contributed by atoms with Crippen LogP contribution in [0.3, 0.4) is 0 Å². The van der Waals surface area contributed by atoms with Crippen molar-refractivity contribution in [3.63, 3.8) is 0 Å². The minimum Gasteiger partial charge on any atom is -0.431 e. The van der Waals surface area contributed by atoms with Gasteiger partial charge in [0.2, 0.25) is 0 Å². The van der Waals surface area contributed by atoms with Gasteiger partial charge >= 0.3 is 0 Å². The molecule has 0 unspecified atom stereocenters. The average Bonchev–Trinajstić information content (AvgIpc) is 2.56. The molecule has 0 N–H and O–H groups in total. The molecule has 2 nitrogen and oxygen atoms in total. The standard InChI is InChI=1S/C9H5BrClNOS/c10-6-1-3-7(4-2-6)13-9-12-5-8(11)14-9/h1-5H. The van der Waals surface area contributed by atoms with Gasteiger partial charge in [0.05, 0.1) is 6.20 Å². The summed E-state index contributed by atoms with van der Waals surface area (Å²) in [7, 11) is 0. The molecule has 0 amide bonds. The molecule has 0 spiro atoms. The summed E-state index contributed by atoms with van der Waals surface area (Å²) in [5, 5.41) is 0.553. The van der Waals surface area contributed by atoms with Gasteiger partial charge < -0.3 is 4.74 Å². The first-order valence-corrected chi connectivity index (χ1v) is 5.77. The number of aromatic nitrogens is 1. The van der Waals surface area contributed by atoms with E-state index in [0.717, 1.165) is 10.2 Å². The maximum Gasteiger partial charge on any atom is 0.280 e. The predicted octanol–water partition coefficient (Wildman–Crippen LogP) is 4.35. The van der Waals surface area contributed by atoms with Gasteiger partial charge in [-0.3, -0.25) is 0 Å². The van der Waals surface area contributed by atoms with Crippen molar-refractivity contribution < 1.29 is 4.74 Å². The van der Waals surface area contributed by atoms with Gasteiger partial charge in [-0.05, 0) is 24.3 Å².